The molecule has 4 rings (SSSR count). The molecule has 1 aromatic heterocycles. The average molecular weight is 504 g/mol. The normalized spacial score (nSPS) is 21.1. The Kier molecular flexibility index (Phi) is 9.10. The highest BCUT2D eigenvalue weighted by molar-refractivity contribution is 8.01. The first-order valence-corrected chi connectivity index (χ1v) is 14.0. The molecule has 34 heavy (non-hydrogen) atoms. The van der Waals surface area contributed by atoms with Gasteiger partial charge in [0, 0.05) is 12.1 Å². The van der Waals surface area contributed by atoms with Crippen LogP contribution in [-0.2, 0) is 4.79 Å². The third-order valence-corrected chi connectivity index (χ3v) is 8.77. The SMILES string of the molecule is O=C(O)CSc1cnc(NC(=O)N(C2CCCCC2)[C@H]2CC[C@H](COc3ccccc3)CC2)s1. The topological polar surface area (TPSA) is 91.8 Å². The minimum absolute atomic E-state index is 0.0129. The standard InChI is InChI=1S/C25H33N3O4S2/c29-22(30)17-33-23-15-26-24(34-23)27-25(31)28(19-7-3-1-4-8-19)20-13-11-18(12-14-20)16-32-21-9-5-2-6-10-21/h2,5-6,9-10,15,18-20H,1,3-4,7-8,11-14,16-17H2,(H,29,30)(H,26,27,31)/t18-,20-. The number of hydrogen-bond acceptors (Lipinski definition) is 6. The molecule has 2 amide bonds. The Morgan fingerprint density at radius 3 is 2.47 bits per heavy atom. The summed E-state index contributed by atoms with van der Waals surface area (Å²) in [6.45, 7) is 0.724. The molecule has 2 aliphatic carbocycles. The van der Waals surface area contributed by atoms with Crippen molar-refractivity contribution >= 4 is 40.2 Å². The van der Waals surface area contributed by atoms with Gasteiger partial charge in [-0.2, -0.15) is 0 Å². The Bertz CT molecular complexity index is 925. The van der Waals surface area contributed by atoms with E-state index in [-0.39, 0.29) is 23.9 Å². The van der Waals surface area contributed by atoms with Crippen molar-refractivity contribution in [2.45, 2.75) is 74.1 Å². The smallest absolute Gasteiger partial charge is 0.324 e. The van der Waals surface area contributed by atoms with E-state index in [2.05, 4.69) is 15.2 Å². The van der Waals surface area contributed by atoms with Crippen molar-refractivity contribution in [2.24, 2.45) is 5.92 Å². The number of rotatable bonds is 9. The lowest BCUT2D eigenvalue weighted by Gasteiger charge is -2.42. The number of aliphatic carboxylic acids is 1. The predicted octanol–water partition coefficient (Wildman–Crippen LogP) is 6.12. The van der Waals surface area contributed by atoms with Gasteiger partial charge in [0.2, 0.25) is 0 Å². The molecule has 2 fully saturated rings. The number of urea groups is 1. The van der Waals surface area contributed by atoms with Gasteiger partial charge in [-0.3, -0.25) is 10.1 Å². The van der Waals surface area contributed by atoms with Crippen LogP contribution in [0, 0.1) is 5.92 Å². The molecule has 2 aliphatic rings. The number of carboxylic acid groups (broad SMARTS) is 1. The van der Waals surface area contributed by atoms with E-state index in [0.717, 1.165) is 55.1 Å². The fourth-order valence-electron chi connectivity index (χ4n) is 4.98. The second-order valence-corrected chi connectivity index (χ2v) is 11.4. The third-order valence-electron chi connectivity index (χ3n) is 6.68. The van der Waals surface area contributed by atoms with E-state index in [0.29, 0.717) is 11.0 Å². The molecule has 2 N–H and O–H groups in total. The lowest BCUT2D eigenvalue weighted by atomic mass is 9.84. The molecule has 0 spiro atoms. The first kappa shape index (κ1) is 24.9. The third kappa shape index (κ3) is 7.12. The second kappa shape index (κ2) is 12.4. The molecule has 1 aromatic carbocycles. The van der Waals surface area contributed by atoms with Crippen LogP contribution in [0.1, 0.15) is 57.8 Å². The van der Waals surface area contributed by atoms with Crippen LogP contribution in [0.25, 0.3) is 0 Å². The number of ether oxygens (including phenoxy) is 1. The minimum Gasteiger partial charge on any atom is -0.493 e. The molecule has 0 atom stereocenters. The summed E-state index contributed by atoms with van der Waals surface area (Å²) in [5, 5.41) is 12.4. The summed E-state index contributed by atoms with van der Waals surface area (Å²) in [6.07, 6.45) is 11.4. The zero-order valence-electron chi connectivity index (χ0n) is 19.4. The largest absolute Gasteiger partial charge is 0.493 e. The first-order valence-electron chi connectivity index (χ1n) is 12.2. The summed E-state index contributed by atoms with van der Waals surface area (Å²) in [6, 6.07) is 10.4. The number of amides is 2. The summed E-state index contributed by atoms with van der Waals surface area (Å²) in [7, 11) is 0. The van der Waals surface area contributed by atoms with Gasteiger partial charge in [0.05, 0.1) is 22.8 Å². The number of nitrogens with zero attached hydrogens (tertiary/aromatic N) is 2. The average Bonchev–Trinajstić information content (AvgIpc) is 3.31. The highest BCUT2D eigenvalue weighted by atomic mass is 32.2. The summed E-state index contributed by atoms with van der Waals surface area (Å²) in [5.74, 6) is 0.552. The van der Waals surface area contributed by atoms with Crippen LogP contribution < -0.4 is 10.1 Å². The highest BCUT2D eigenvalue weighted by Gasteiger charge is 2.34. The van der Waals surface area contributed by atoms with Gasteiger partial charge in [0.25, 0.3) is 0 Å². The van der Waals surface area contributed by atoms with Crippen molar-refractivity contribution in [3.63, 3.8) is 0 Å². The Morgan fingerprint density at radius 2 is 1.76 bits per heavy atom. The molecule has 0 unspecified atom stereocenters. The molecular formula is C25H33N3O4S2. The lowest BCUT2D eigenvalue weighted by molar-refractivity contribution is -0.133. The summed E-state index contributed by atoms with van der Waals surface area (Å²) >= 11 is 2.56. The van der Waals surface area contributed by atoms with Crippen LogP contribution in [0.3, 0.4) is 0 Å². The van der Waals surface area contributed by atoms with E-state index < -0.39 is 5.97 Å². The summed E-state index contributed by atoms with van der Waals surface area (Å²) < 4.78 is 6.77. The molecule has 0 saturated heterocycles. The Morgan fingerprint density at radius 1 is 1.06 bits per heavy atom. The zero-order chi connectivity index (χ0) is 23.8. The number of thioether (sulfide) groups is 1. The van der Waals surface area contributed by atoms with Crippen molar-refractivity contribution in [1.29, 1.82) is 0 Å². The van der Waals surface area contributed by atoms with Crippen LogP contribution in [0.5, 0.6) is 5.75 Å². The van der Waals surface area contributed by atoms with E-state index in [1.807, 2.05) is 30.3 Å². The molecule has 0 radical (unpaired) electrons. The van der Waals surface area contributed by atoms with Gasteiger partial charge in [-0.15, -0.1) is 11.8 Å². The van der Waals surface area contributed by atoms with Gasteiger partial charge in [-0.1, -0.05) is 48.8 Å². The number of nitrogens with one attached hydrogen (secondary N) is 1. The Balaban J connectivity index is 1.34. The fourth-order valence-corrected chi connectivity index (χ4v) is 6.56. The van der Waals surface area contributed by atoms with Crippen molar-refractivity contribution < 1.29 is 19.4 Å². The highest BCUT2D eigenvalue weighted by Crippen LogP contribution is 2.34. The molecule has 2 saturated carbocycles. The zero-order valence-corrected chi connectivity index (χ0v) is 21.0. The maximum Gasteiger partial charge on any atom is 0.324 e. The van der Waals surface area contributed by atoms with Crippen molar-refractivity contribution in [2.75, 3.05) is 17.7 Å². The summed E-state index contributed by atoms with van der Waals surface area (Å²) in [4.78, 5) is 30.7. The quantitative estimate of drug-likeness (QED) is 0.400. The molecule has 2 aromatic rings. The molecular weight excluding hydrogens is 470 g/mol. The maximum absolute atomic E-state index is 13.4. The Labute approximate surface area is 209 Å². The van der Waals surface area contributed by atoms with Gasteiger partial charge < -0.3 is 14.7 Å². The summed E-state index contributed by atoms with van der Waals surface area (Å²) in [5.41, 5.74) is 0. The van der Waals surface area contributed by atoms with Crippen molar-refractivity contribution in [3.8, 4) is 5.75 Å². The van der Waals surface area contributed by atoms with Crippen LogP contribution >= 0.6 is 23.1 Å². The Hall–Kier alpha value is -2.26. The molecule has 0 aliphatic heterocycles. The van der Waals surface area contributed by atoms with E-state index in [4.69, 9.17) is 9.84 Å². The van der Waals surface area contributed by atoms with Gasteiger partial charge in [-0.25, -0.2) is 9.78 Å². The second-order valence-electron chi connectivity index (χ2n) is 9.09. The number of hydrogen-bond donors (Lipinski definition) is 2. The van der Waals surface area contributed by atoms with E-state index >= 15 is 0 Å². The monoisotopic (exact) mass is 503 g/mol. The number of carbonyl (C=O) groups is 2. The number of thiazole rings is 1. The van der Waals surface area contributed by atoms with Crippen LogP contribution in [0.4, 0.5) is 9.93 Å². The van der Waals surface area contributed by atoms with Gasteiger partial charge in [0.1, 0.15) is 5.75 Å². The van der Waals surface area contributed by atoms with Crippen LogP contribution in [0.15, 0.2) is 40.7 Å². The van der Waals surface area contributed by atoms with Gasteiger partial charge >= 0.3 is 12.0 Å². The van der Waals surface area contributed by atoms with Crippen LogP contribution in [-0.4, -0.2) is 51.4 Å². The van der Waals surface area contributed by atoms with E-state index in [9.17, 15) is 9.59 Å². The van der Waals surface area contributed by atoms with Crippen molar-refractivity contribution in [3.05, 3.63) is 36.5 Å². The number of aromatic nitrogens is 1. The number of anilines is 1. The number of benzene rings is 1. The molecule has 7 nitrogen and oxygen atoms in total. The number of carboxylic acids is 1. The minimum atomic E-state index is -0.864. The lowest BCUT2D eigenvalue weighted by Crippen LogP contribution is -2.51. The maximum atomic E-state index is 13.4. The first-order chi connectivity index (χ1) is 16.6. The van der Waals surface area contributed by atoms with Crippen LogP contribution in [0.2, 0.25) is 0 Å². The molecule has 0 bridgehead atoms. The van der Waals surface area contributed by atoms with Gasteiger partial charge in [0.15, 0.2) is 5.13 Å². The number of para-hydroxylation sites is 1. The van der Waals surface area contributed by atoms with Gasteiger partial charge in [-0.05, 0) is 56.6 Å². The van der Waals surface area contributed by atoms with E-state index in [1.54, 1.807) is 6.20 Å². The molecule has 9 heteroatoms. The number of carbonyl (C=O) groups excluding carboxylic acids is 1. The predicted molar refractivity (Wildman–Crippen MR) is 136 cm³/mol. The molecule has 184 valence electrons. The van der Waals surface area contributed by atoms with E-state index in [1.165, 1.54) is 42.4 Å². The van der Waals surface area contributed by atoms with Crippen molar-refractivity contribution in [1.82, 2.24) is 9.88 Å². The fraction of sp³-hybridized carbons (Fsp3) is 0.560. The molecule has 1 heterocycles.